The van der Waals surface area contributed by atoms with Gasteiger partial charge in [0.15, 0.2) is 0 Å². The number of fused-ring (bicyclic) bond motifs is 1. The van der Waals surface area contributed by atoms with E-state index in [4.69, 9.17) is 5.11 Å². The van der Waals surface area contributed by atoms with Crippen LogP contribution in [0.2, 0.25) is 0 Å². The van der Waals surface area contributed by atoms with E-state index in [2.05, 4.69) is 28.2 Å². The van der Waals surface area contributed by atoms with Crippen LogP contribution in [0, 0.1) is 0 Å². The summed E-state index contributed by atoms with van der Waals surface area (Å²) in [6.45, 7) is 0.723. The summed E-state index contributed by atoms with van der Waals surface area (Å²) in [6, 6.07) is 8.26. The number of aliphatic hydroxyl groups excluding tert-OH is 1. The zero-order chi connectivity index (χ0) is 9.97. The van der Waals surface area contributed by atoms with Gasteiger partial charge in [0.1, 0.15) is 0 Å². The van der Waals surface area contributed by atoms with Gasteiger partial charge in [0.25, 0.3) is 0 Å². The third kappa shape index (κ3) is 1.52. The third-order valence-electron chi connectivity index (χ3n) is 2.41. The van der Waals surface area contributed by atoms with Gasteiger partial charge < -0.3 is 9.67 Å². The fourth-order valence-electron chi connectivity index (χ4n) is 1.76. The number of hydrogen-bond acceptors (Lipinski definition) is 2. The number of benzene rings is 1. The van der Waals surface area contributed by atoms with Gasteiger partial charge in [-0.3, -0.25) is 5.32 Å². The zero-order valence-electron chi connectivity index (χ0n) is 8.20. The van der Waals surface area contributed by atoms with Gasteiger partial charge in [-0.15, -0.1) is 0 Å². The molecule has 0 saturated carbocycles. The Hall–Kier alpha value is -1.32. The van der Waals surface area contributed by atoms with Crippen molar-refractivity contribution in [2.75, 3.05) is 6.73 Å². The Bertz CT molecular complexity index is 434. The van der Waals surface area contributed by atoms with E-state index in [9.17, 15) is 0 Å². The topological polar surface area (TPSA) is 37.2 Å². The Labute approximate surface area is 83.0 Å². The lowest BCUT2D eigenvalue weighted by atomic mass is 10.2. The van der Waals surface area contributed by atoms with Crippen LogP contribution in [-0.4, -0.2) is 16.4 Å². The molecule has 0 amide bonds. The van der Waals surface area contributed by atoms with Crippen LogP contribution in [0.4, 0.5) is 0 Å². The lowest BCUT2D eigenvalue weighted by Crippen LogP contribution is -2.13. The van der Waals surface area contributed by atoms with Gasteiger partial charge in [-0.05, 0) is 11.6 Å². The molecule has 3 nitrogen and oxygen atoms in total. The van der Waals surface area contributed by atoms with E-state index in [1.807, 2.05) is 19.2 Å². The van der Waals surface area contributed by atoms with Gasteiger partial charge in [-0.1, -0.05) is 18.2 Å². The molecule has 2 aromatic rings. The average Bonchev–Trinajstić information content (AvgIpc) is 2.54. The van der Waals surface area contributed by atoms with E-state index in [1.54, 1.807) is 0 Å². The van der Waals surface area contributed by atoms with Crippen LogP contribution in [0.3, 0.4) is 0 Å². The SMILES string of the molecule is Cn1cc(CNCO)c2ccccc21. The Morgan fingerprint density at radius 1 is 1.36 bits per heavy atom. The Morgan fingerprint density at radius 3 is 2.93 bits per heavy atom. The number of rotatable bonds is 3. The van der Waals surface area contributed by atoms with Gasteiger partial charge >= 0.3 is 0 Å². The molecular weight excluding hydrogens is 176 g/mol. The first-order valence-corrected chi connectivity index (χ1v) is 4.67. The van der Waals surface area contributed by atoms with Crippen molar-refractivity contribution in [1.82, 2.24) is 9.88 Å². The second-order valence-electron chi connectivity index (χ2n) is 3.37. The summed E-state index contributed by atoms with van der Waals surface area (Å²) in [5.41, 5.74) is 2.44. The molecule has 0 bridgehead atoms. The van der Waals surface area contributed by atoms with E-state index in [0.717, 1.165) is 0 Å². The molecule has 1 aromatic carbocycles. The summed E-state index contributed by atoms with van der Waals surface area (Å²) in [6.07, 6.45) is 2.09. The third-order valence-corrected chi connectivity index (χ3v) is 2.41. The number of aromatic nitrogens is 1. The Kier molecular flexibility index (Phi) is 2.52. The van der Waals surface area contributed by atoms with E-state index >= 15 is 0 Å². The average molecular weight is 190 g/mol. The molecule has 0 aliphatic rings. The highest BCUT2D eigenvalue weighted by Crippen LogP contribution is 2.19. The molecule has 0 aliphatic carbocycles. The van der Waals surface area contributed by atoms with Crippen molar-refractivity contribution in [3.05, 3.63) is 36.0 Å². The van der Waals surface area contributed by atoms with Crippen molar-refractivity contribution in [2.24, 2.45) is 7.05 Å². The fraction of sp³-hybridized carbons (Fsp3) is 0.273. The molecule has 0 atom stereocenters. The monoisotopic (exact) mass is 190 g/mol. The van der Waals surface area contributed by atoms with Crippen molar-refractivity contribution < 1.29 is 5.11 Å². The molecule has 0 spiro atoms. The molecule has 1 heterocycles. The zero-order valence-corrected chi connectivity index (χ0v) is 8.20. The maximum absolute atomic E-state index is 8.69. The molecular formula is C11H14N2O. The quantitative estimate of drug-likeness (QED) is 0.714. The predicted octanol–water partition coefficient (Wildman–Crippen LogP) is 1.22. The van der Waals surface area contributed by atoms with Gasteiger partial charge in [0.2, 0.25) is 0 Å². The molecule has 0 unspecified atom stereocenters. The number of aliphatic hydroxyl groups is 1. The summed E-state index contributed by atoms with van der Waals surface area (Å²) >= 11 is 0. The van der Waals surface area contributed by atoms with Crippen molar-refractivity contribution in [1.29, 1.82) is 0 Å². The highest BCUT2D eigenvalue weighted by atomic mass is 16.3. The molecule has 0 aliphatic heterocycles. The van der Waals surface area contributed by atoms with Crippen LogP contribution in [0.25, 0.3) is 10.9 Å². The smallest absolute Gasteiger partial charge is 0.0934 e. The molecule has 0 fully saturated rings. The van der Waals surface area contributed by atoms with Crippen LogP contribution in [0.15, 0.2) is 30.5 Å². The van der Waals surface area contributed by atoms with Gasteiger partial charge in [0.05, 0.1) is 6.73 Å². The molecule has 14 heavy (non-hydrogen) atoms. The van der Waals surface area contributed by atoms with E-state index in [0.29, 0.717) is 6.54 Å². The fourth-order valence-corrected chi connectivity index (χ4v) is 1.76. The van der Waals surface area contributed by atoms with E-state index < -0.39 is 0 Å². The number of aryl methyl sites for hydroxylation is 1. The first-order valence-electron chi connectivity index (χ1n) is 4.67. The second-order valence-corrected chi connectivity index (χ2v) is 3.37. The highest BCUT2D eigenvalue weighted by Gasteiger charge is 2.03. The molecule has 3 heteroatoms. The van der Waals surface area contributed by atoms with E-state index in [1.165, 1.54) is 16.5 Å². The minimum Gasteiger partial charge on any atom is -0.381 e. The predicted molar refractivity (Wildman–Crippen MR) is 56.8 cm³/mol. The Morgan fingerprint density at radius 2 is 2.14 bits per heavy atom. The van der Waals surface area contributed by atoms with E-state index in [-0.39, 0.29) is 6.73 Å². The number of nitrogens with zero attached hydrogens (tertiary/aromatic N) is 1. The standard InChI is InChI=1S/C11H14N2O/c1-13-7-9(6-12-8-14)10-4-2-3-5-11(10)13/h2-5,7,12,14H,6,8H2,1H3. The highest BCUT2D eigenvalue weighted by molar-refractivity contribution is 5.83. The van der Waals surface area contributed by atoms with Crippen molar-refractivity contribution in [2.45, 2.75) is 6.54 Å². The first-order chi connectivity index (χ1) is 6.83. The normalized spacial score (nSPS) is 11.0. The van der Waals surface area contributed by atoms with Gasteiger partial charge in [-0.2, -0.15) is 0 Å². The summed E-state index contributed by atoms with van der Waals surface area (Å²) in [4.78, 5) is 0. The maximum atomic E-state index is 8.69. The number of nitrogens with one attached hydrogen (secondary N) is 1. The van der Waals surface area contributed by atoms with Gasteiger partial charge in [-0.25, -0.2) is 0 Å². The molecule has 1 aromatic heterocycles. The summed E-state index contributed by atoms with van der Waals surface area (Å²) in [5, 5.41) is 12.8. The molecule has 2 rings (SSSR count). The molecule has 2 N–H and O–H groups in total. The largest absolute Gasteiger partial charge is 0.381 e. The van der Waals surface area contributed by atoms with Crippen LogP contribution in [-0.2, 0) is 13.6 Å². The van der Waals surface area contributed by atoms with Gasteiger partial charge in [0, 0.05) is 30.7 Å². The molecule has 0 radical (unpaired) electrons. The van der Waals surface area contributed by atoms with Crippen molar-refractivity contribution in [3.8, 4) is 0 Å². The van der Waals surface area contributed by atoms with Crippen molar-refractivity contribution >= 4 is 10.9 Å². The number of para-hydroxylation sites is 1. The lowest BCUT2D eigenvalue weighted by Gasteiger charge is -1.98. The maximum Gasteiger partial charge on any atom is 0.0934 e. The molecule has 74 valence electrons. The molecule has 0 saturated heterocycles. The number of hydrogen-bond donors (Lipinski definition) is 2. The Balaban J connectivity index is 2.44. The first kappa shape index (κ1) is 9.24. The van der Waals surface area contributed by atoms with Crippen LogP contribution in [0.1, 0.15) is 5.56 Å². The summed E-state index contributed by atoms with van der Waals surface area (Å²) < 4.78 is 2.10. The van der Waals surface area contributed by atoms with Crippen LogP contribution >= 0.6 is 0 Å². The van der Waals surface area contributed by atoms with Crippen molar-refractivity contribution in [3.63, 3.8) is 0 Å². The van der Waals surface area contributed by atoms with Crippen LogP contribution < -0.4 is 5.32 Å². The second kappa shape index (κ2) is 3.82. The minimum absolute atomic E-state index is 0.0171. The minimum atomic E-state index is 0.0171. The van der Waals surface area contributed by atoms with Crippen LogP contribution in [0.5, 0.6) is 0 Å². The lowest BCUT2D eigenvalue weighted by molar-refractivity contribution is 0.259. The summed E-state index contributed by atoms with van der Waals surface area (Å²) in [5.74, 6) is 0. The summed E-state index contributed by atoms with van der Waals surface area (Å²) in [7, 11) is 2.03.